The van der Waals surface area contributed by atoms with Crippen LogP contribution in [-0.4, -0.2) is 35.9 Å². The van der Waals surface area contributed by atoms with Gasteiger partial charge in [-0.15, -0.1) is 0 Å². The van der Waals surface area contributed by atoms with Gasteiger partial charge < -0.3 is 15.0 Å². The van der Waals surface area contributed by atoms with Crippen LogP contribution in [0.5, 0.6) is 5.75 Å². The lowest BCUT2D eigenvalue weighted by Gasteiger charge is -2.30. The van der Waals surface area contributed by atoms with Gasteiger partial charge in [-0.05, 0) is 62.4 Å². The summed E-state index contributed by atoms with van der Waals surface area (Å²) in [7, 11) is 0. The first kappa shape index (κ1) is 23.5. The Morgan fingerprint density at radius 2 is 1.70 bits per heavy atom. The smallest absolute Gasteiger partial charge is 0.261 e. The summed E-state index contributed by atoms with van der Waals surface area (Å²) in [4.78, 5) is 27.6. The Morgan fingerprint density at radius 1 is 1.00 bits per heavy atom. The van der Waals surface area contributed by atoms with Crippen LogP contribution in [0.3, 0.4) is 0 Å². The molecule has 1 N–H and O–H groups in total. The molecule has 1 atom stereocenters. The Balaban J connectivity index is 2.21. The van der Waals surface area contributed by atoms with Gasteiger partial charge in [-0.2, -0.15) is 0 Å². The van der Waals surface area contributed by atoms with Crippen LogP contribution in [0.15, 0.2) is 42.5 Å². The van der Waals surface area contributed by atoms with Crippen LogP contribution >= 0.6 is 0 Å². The molecule has 30 heavy (non-hydrogen) atoms. The SMILES string of the molecule is CCCNC(=O)[C@H](CC)N(Cc1cccc(C)c1)C(=O)COc1cc(C)cc(C)c1. The normalized spacial score (nSPS) is 11.6. The largest absolute Gasteiger partial charge is 0.484 e. The zero-order valence-corrected chi connectivity index (χ0v) is 18.8. The Labute approximate surface area is 180 Å². The Kier molecular flexibility index (Phi) is 8.90. The van der Waals surface area contributed by atoms with E-state index in [1.54, 1.807) is 4.90 Å². The van der Waals surface area contributed by atoms with E-state index in [1.165, 1.54) is 0 Å². The van der Waals surface area contributed by atoms with E-state index in [0.29, 0.717) is 25.3 Å². The van der Waals surface area contributed by atoms with E-state index in [4.69, 9.17) is 4.74 Å². The molecule has 162 valence electrons. The monoisotopic (exact) mass is 410 g/mol. The molecule has 2 aromatic rings. The van der Waals surface area contributed by atoms with E-state index in [9.17, 15) is 9.59 Å². The molecular formula is C25H34N2O3. The quantitative estimate of drug-likeness (QED) is 0.634. The standard InChI is InChI=1S/C25H34N2O3/c1-6-11-26-25(29)23(7-2)27(16-21-10-8-9-18(3)13-21)24(28)17-30-22-14-19(4)12-20(5)15-22/h8-10,12-15,23H,6-7,11,16-17H2,1-5H3,(H,26,29)/t23-/m0/s1. The first-order chi connectivity index (χ1) is 14.3. The highest BCUT2D eigenvalue weighted by Gasteiger charge is 2.28. The molecule has 0 radical (unpaired) electrons. The lowest BCUT2D eigenvalue weighted by atomic mass is 10.1. The molecule has 0 bridgehead atoms. The van der Waals surface area contributed by atoms with E-state index in [-0.39, 0.29) is 18.4 Å². The molecular weight excluding hydrogens is 376 g/mol. The van der Waals surface area contributed by atoms with Crippen LogP contribution in [-0.2, 0) is 16.1 Å². The summed E-state index contributed by atoms with van der Waals surface area (Å²) in [5, 5.41) is 2.93. The topological polar surface area (TPSA) is 58.6 Å². The number of benzene rings is 2. The van der Waals surface area contributed by atoms with Gasteiger partial charge in [-0.1, -0.05) is 49.7 Å². The van der Waals surface area contributed by atoms with Crippen LogP contribution in [0, 0.1) is 20.8 Å². The molecule has 0 aromatic heterocycles. The molecule has 0 heterocycles. The molecule has 5 heteroatoms. The van der Waals surface area contributed by atoms with Crippen molar-refractivity contribution in [1.29, 1.82) is 0 Å². The first-order valence-corrected chi connectivity index (χ1v) is 10.7. The van der Waals surface area contributed by atoms with E-state index in [1.807, 2.05) is 71.0 Å². The van der Waals surface area contributed by atoms with Crippen molar-refractivity contribution in [2.75, 3.05) is 13.2 Å². The van der Waals surface area contributed by atoms with Crippen molar-refractivity contribution in [2.24, 2.45) is 0 Å². The van der Waals surface area contributed by atoms with Gasteiger partial charge in [0.15, 0.2) is 6.61 Å². The molecule has 2 aromatic carbocycles. The summed E-state index contributed by atoms with van der Waals surface area (Å²) in [6.45, 7) is 10.8. The maximum Gasteiger partial charge on any atom is 0.261 e. The van der Waals surface area contributed by atoms with Gasteiger partial charge in [-0.25, -0.2) is 0 Å². The number of carbonyl (C=O) groups excluding carboxylic acids is 2. The fourth-order valence-electron chi connectivity index (χ4n) is 3.54. The maximum absolute atomic E-state index is 13.2. The summed E-state index contributed by atoms with van der Waals surface area (Å²) < 4.78 is 5.80. The van der Waals surface area contributed by atoms with Gasteiger partial charge in [0.25, 0.3) is 5.91 Å². The van der Waals surface area contributed by atoms with Crippen molar-refractivity contribution in [3.8, 4) is 5.75 Å². The van der Waals surface area contributed by atoms with Gasteiger partial charge in [-0.3, -0.25) is 9.59 Å². The third kappa shape index (κ3) is 6.90. The molecule has 0 spiro atoms. The van der Waals surface area contributed by atoms with Crippen molar-refractivity contribution in [3.63, 3.8) is 0 Å². The number of carbonyl (C=O) groups is 2. The highest BCUT2D eigenvalue weighted by Crippen LogP contribution is 2.18. The number of hydrogen-bond donors (Lipinski definition) is 1. The summed E-state index contributed by atoms with van der Waals surface area (Å²) in [5.74, 6) is 0.348. The van der Waals surface area contributed by atoms with Crippen LogP contribution in [0.4, 0.5) is 0 Å². The van der Waals surface area contributed by atoms with Crippen molar-refractivity contribution >= 4 is 11.8 Å². The van der Waals surface area contributed by atoms with Gasteiger partial charge in [0.05, 0.1) is 0 Å². The fourth-order valence-corrected chi connectivity index (χ4v) is 3.54. The third-order valence-corrected chi connectivity index (χ3v) is 4.93. The zero-order chi connectivity index (χ0) is 22.1. The molecule has 0 unspecified atom stereocenters. The highest BCUT2D eigenvalue weighted by molar-refractivity contribution is 5.88. The van der Waals surface area contributed by atoms with Gasteiger partial charge in [0, 0.05) is 13.1 Å². The van der Waals surface area contributed by atoms with Crippen molar-refractivity contribution < 1.29 is 14.3 Å². The van der Waals surface area contributed by atoms with Crippen molar-refractivity contribution in [3.05, 3.63) is 64.7 Å². The number of ether oxygens (including phenoxy) is 1. The summed E-state index contributed by atoms with van der Waals surface area (Å²) >= 11 is 0. The van der Waals surface area contributed by atoms with E-state index >= 15 is 0 Å². The predicted octanol–water partition coefficient (Wildman–Crippen LogP) is 4.32. The maximum atomic E-state index is 13.2. The van der Waals surface area contributed by atoms with Crippen LogP contribution in [0.1, 0.15) is 48.9 Å². The minimum atomic E-state index is -0.535. The number of aryl methyl sites for hydroxylation is 3. The molecule has 2 amide bonds. The second kappa shape index (κ2) is 11.4. The average molecular weight is 411 g/mol. The van der Waals surface area contributed by atoms with Crippen LogP contribution in [0.25, 0.3) is 0 Å². The highest BCUT2D eigenvalue weighted by atomic mass is 16.5. The minimum Gasteiger partial charge on any atom is -0.484 e. The lowest BCUT2D eigenvalue weighted by Crippen LogP contribution is -2.50. The van der Waals surface area contributed by atoms with Gasteiger partial charge in [0.2, 0.25) is 5.91 Å². The Morgan fingerprint density at radius 3 is 2.30 bits per heavy atom. The average Bonchev–Trinajstić information content (AvgIpc) is 2.69. The molecule has 0 fully saturated rings. The van der Waals surface area contributed by atoms with Crippen LogP contribution in [0.2, 0.25) is 0 Å². The first-order valence-electron chi connectivity index (χ1n) is 10.7. The Bertz CT molecular complexity index is 843. The number of rotatable bonds is 10. The summed E-state index contributed by atoms with van der Waals surface area (Å²) in [5.41, 5.74) is 4.28. The second-order valence-electron chi connectivity index (χ2n) is 7.84. The molecule has 5 nitrogen and oxygen atoms in total. The molecule has 0 aliphatic heterocycles. The van der Waals surface area contributed by atoms with Crippen molar-refractivity contribution in [1.82, 2.24) is 10.2 Å². The molecule has 0 aliphatic rings. The van der Waals surface area contributed by atoms with E-state index in [2.05, 4.69) is 11.4 Å². The number of nitrogens with zero attached hydrogens (tertiary/aromatic N) is 1. The van der Waals surface area contributed by atoms with Crippen molar-refractivity contribution in [2.45, 2.75) is 60.0 Å². The second-order valence-corrected chi connectivity index (χ2v) is 7.84. The van der Waals surface area contributed by atoms with Gasteiger partial charge >= 0.3 is 0 Å². The minimum absolute atomic E-state index is 0.105. The lowest BCUT2D eigenvalue weighted by molar-refractivity contribution is -0.143. The van der Waals surface area contributed by atoms with Gasteiger partial charge in [0.1, 0.15) is 11.8 Å². The third-order valence-electron chi connectivity index (χ3n) is 4.93. The predicted molar refractivity (Wildman–Crippen MR) is 121 cm³/mol. The number of hydrogen-bond acceptors (Lipinski definition) is 3. The number of nitrogens with one attached hydrogen (secondary N) is 1. The number of amides is 2. The summed E-state index contributed by atoms with van der Waals surface area (Å²) in [6.07, 6.45) is 1.39. The molecule has 2 rings (SSSR count). The zero-order valence-electron chi connectivity index (χ0n) is 18.8. The molecule has 0 saturated carbocycles. The van der Waals surface area contributed by atoms with Crippen LogP contribution < -0.4 is 10.1 Å². The van der Waals surface area contributed by atoms with E-state index in [0.717, 1.165) is 28.7 Å². The van der Waals surface area contributed by atoms with E-state index < -0.39 is 6.04 Å². The summed E-state index contributed by atoms with van der Waals surface area (Å²) in [6, 6.07) is 13.4. The fraction of sp³-hybridized carbons (Fsp3) is 0.440. The molecule has 0 aliphatic carbocycles. The Hall–Kier alpha value is -2.82. The molecule has 0 saturated heterocycles.